The lowest BCUT2D eigenvalue weighted by Gasteiger charge is -2.01. The zero-order valence-corrected chi connectivity index (χ0v) is 8.83. The molecule has 2 N–H and O–H groups in total. The Kier molecular flexibility index (Phi) is 3.01. The van der Waals surface area contributed by atoms with Gasteiger partial charge in [-0.1, -0.05) is 6.42 Å². The van der Waals surface area contributed by atoms with Gasteiger partial charge in [0.15, 0.2) is 0 Å². The Morgan fingerprint density at radius 1 is 1.23 bits per heavy atom. The highest BCUT2D eigenvalue weighted by Crippen LogP contribution is 2.29. The fourth-order valence-corrected chi connectivity index (χ4v) is 3.29. The molecule has 0 saturated carbocycles. The Morgan fingerprint density at radius 3 is 2.92 bits per heavy atom. The number of fused-ring (bicyclic) bond motifs is 1. The number of thiophene rings is 1. The van der Waals surface area contributed by atoms with Crippen molar-refractivity contribution < 1.29 is 0 Å². The molecule has 13 heavy (non-hydrogen) atoms. The van der Waals surface area contributed by atoms with Gasteiger partial charge in [0.25, 0.3) is 0 Å². The second-order valence-electron chi connectivity index (χ2n) is 3.76. The van der Waals surface area contributed by atoms with Crippen molar-refractivity contribution in [2.75, 3.05) is 6.54 Å². The normalized spacial score (nSPS) is 16.7. The van der Waals surface area contributed by atoms with Gasteiger partial charge in [0.1, 0.15) is 0 Å². The van der Waals surface area contributed by atoms with Crippen LogP contribution in [-0.4, -0.2) is 6.54 Å². The Bertz CT molecular complexity index is 278. The zero-order chi connectivity index (χ0) is 9.10. The van der Waals surface area contributed by atoms with Crippen molar-refractivity contribution in [2.24, 2.45) is 5.73 Å². The Labute approximate surface area is 84.0 Å². The van der Waals surface area contributed by atoms with E-state index in [2.05, 4.69) is 5.38 Å². The Hall–Kier alpha value is -0.340. The molecular formula is C11H17NS. The minimum absolute atomic E-state index is 0.795. The molecule has 0 unspecified atom stereocenters. The van der Waals surface area contributed by atoms with Crippen LogP contribution in [0.1, 0.15) is 35.3 Å². The van der Waals surface area contributed by atoms with Gasteiger partial charge in [-0.25, -0.2) is 0 Å². The van der Waals surface area contributed by atoms with E-state index in [1.807, 2.05) is 11.3 Å². The van der Waals surface area contributed by atoms with Crippen LogP contribution in [0.25, 0.3) is 0 Å². The standard InChI is InChI=1S/C11H17NS/c12-7-6-9-8-13-11-5-3-1-2-4-10(9)11/h8H,1-7,12H2. The number of aryl methyl sites for hydroxylation is 1. The molecule has 0 bridgehead atoms. The van der Waals surface area contributed by atoms with Crippen molar-refractivity contribution in [3.05, 3.63) is 21.4 Å². The van der Waals surface area contributed by atoms with Crippen LogP contribution >= 0.6 is 11.3 Å². The monoisotopic (exact) mass is 195 g/mol. The smallest absolute Gasteiger partial charge is 0.00800 e. The molecule has 1 nitrogen and oxygen atoms in total. The summed E-state index contributed by atoms with van der Waals surface area (Å²) in [5.41, 5.74) is 8.77. The highest BCUT2D eigenvalue weighted by Gasteiger charge is 2.13. The second kappa shape index (κ2) is 4.25. The van der Waals surface area contributed by atoms with Gasteiger partial charge in [-0.2, -0.15) is 0 Å². The summed E-state index contributed by atoms with van der Waals surface area (Å²) in [6.07, 6.45) is 7.85. The number of rotatable bonds is 2. The van der Waals surface area contributed by atoms with E-state index in [4.69, 9.17) is 5.73 Å². The highest BCUT2D eigenvalue weighted by atomic mass is 32.1. The van der Waals surface area contributed by atoms with E-state index in [0.717, 1.165) is 13.0 Å². The van der Waals surface area contributed by atoms with Crippen molar-refractivity contribution in [2.45, 2.75) is 38.5 Å². The summed E-state index contributed by atoms with van der Waals surface area (Å²) in [6.45, 7) is 0.795. The molecule has 1 aromatic heterocycles. The van der Waals surface area contributed by atoms with E-state index in [-0.39, 0.29) is 0 Å². The first kappa shape index (κ1) is 9.22. The van der Waals surface area contributed by atoms with Gasteiger partial charge in [-0.15, -0.1) is 11.3 Å². The van der Waals surface area contributed by atoms with Gasteiger partial charge in [0, 0.05) is 4.88 Å². The molecule has 2 rings (SSSR count). The topological polar surface area (TPSA) is 26.0 Å². The van der Waals surface area contributed by atoms with Crippen LogP contribution in [0.2, 0.25) is 0 Å². The van der Waals surface area contributed by atoms with E-state index in [1.165, 1.54) is 37.7 Å². The van der Waals surface area contributed by atoms with Crippen molar-refractivity contribution in [3.8, 4) is 0 Å². The predicted octanol–water partition coefficient (Wildman–Crippen LogP) is 2.52. The third-order valence-electron chi connectivity index (χ3n) is 2.81. The van der Waals surface area contributed by atoms with Crippen LogP contribution in [0.4, 0.5) is 0 Å². The van der Waals surface area contributed by atoms with E-state index in [1.54, 1.807) is 10.4 Å². The lowest BCUT2D eigenvalue weighted by molar-refractivity contribution is 0.711. The maximum Gasteiger partial charge on any atom is 0.00800 e. The minimum Gasteiger partial charge on any atom is -0.330 e. The molecule has 0 amide bonds. The van der Waals surface area contributed by atoms with Gasteiger partial charge < -0.3 is 5.73 Å². The van der Waals surface area contributed by atoms with Gasteiger partial charge >= 0.3 is 0 Å². The first-order chi connectivity index (χ1) is 6.42. The van der Waals surface area contributed by atoms with Gasteiger partial charge in [0.05, 0.1) is 0 Å². The van der Waals surface area contributed by atoms with Gasteiger partial charge in [-0.3, -0.25) is 0 Å². The largest absolute Gasteiger partial charge is 0.330 e. The molecule has 2 heteroatoms. The second-order valence-corrected chi connectivity index (χ2v) is 4.73. The van der Waals surface area contributed by atoms with Crippen molar-refractivity contribution in [3.63, 3.8) is 0 Å². The van der Waals surface area contributed by atoms with Crippen molar-refractivity contribution >= 4 is 11.3 Å². The summed E-state index contributed by atoms with van der Waals surface area (Å²) in [5.74, 6) is 0. The van der Waals surface area contributed by atoms with Crippen LogP contribution in [0, 0.1) is 0 Å². The summed E-state index contributed by atoms with van der Waals surface area (Å²) >= 11 is 1.95. The lowest BCUT2D eigenvalue weighted by Crippen LogP contribution is -2.04. The first-order valence-electron chi connectivity index (χ1n) is 5.20. The Morgan fingerprint density at radius 2 is 2.08 bits per heavy atom. The average molecular weight is 195 g/mol. The number of hydrogen-bond acceptors (Lipinski definition) is 2. The Balaban J connectivity index is 2.23. The van der Waals surface area contributed by atoms with Crippen molar-refractivity contribution in [1.29, 1.82) is 0 Å². The van der Waals surface area contributed by atoms with Crippen LogP contribution < -0.4 is 5.73 Å². The quantitative estimate of drug-likeness (QED) is 0.721. The lowest BCUT2D eigenvalue weighted by atomic mass is 10.0. The van der Waals surface area contributed by atoms with Gasteiger partial charge in [-0.05, 0) is 55.2 Å². The summed E-state index contributed by atoms with van der Waals surface area (Å²) < 4.78 is 0. The molecule has 1 aliphatic rings. The average Bonchev–Trinajstić information content (AvgIpc) is 2.38. The van der Waals surface area contributed by atoms with Gasteiger partial charge in [0.2, 0.25) is 0 Å². The molecule has 0 radical (unpaired) electrons. The zero-order valence-electron chi connectivity index (χ0n) is 8.01. The molecule has 1 aliphatic carbocycles. The SMILES string of the molecule is NCCc1csc2c1CCCCC2. The predicted molar refractivity (Wildman–Crippen MR) is 58.3 cm³/mol. The molecule has 72 valence electrons. The molecule has 1 aromatic rings. The van der Waals surface area contributed by atoms with Crippen molar-refractivity contribution in [1.82, 2.24) is 0 Å². The van der Waals surface area contributed by atoms with Crippen LogP contribution in [-0.2, 0) is 19.3 Å². The maximum absolute atomic E-state index is 5.60. The summed E-state index contributed by atoms with van der Waals surface area (Å²) in [5, 5.41) is 2.32. The first-order valence-corrected chi connectivity index (χ1v) is 6.08. The minimum atomic E-state index is 0.795. The molecule has 0 aliphatic heterocycles. The number of nitrogens with two attached hydrogens (primary N) is 1. The summed E-state index contributed by atoms with van der Waals surface area (Å²) in [4.78, 5) is 1.64. The van der Waals surface area contributed by atoms with Crippen LogP contribution in [0.5, 0.6) is 0 Å². The summed E-state index contributed by atoms with van der Waals surface area (Å²) in [7, 11) is 0. The fraction of sp³-hybridized carbons (Fsp3) is 0.636. The molecule has 0 aromatic carbocycles. The number of hydrogen-bond donors (Lipinski definition) is 1. The fourth-order valence-electron chi connectivity index (χ4n) is 2.10. The molecular weight excluding hydrogens is 178 g/mol. The molecule has 0 fully saturated rings. The molecule has 0 saturated heterocycles. The molecule has 1 heterocycles. The molecule has 0 spiro atoms. The molecule has 0 atom stereocenters. The van der Waals surface area contributed by atoms with Crippen LogP contribution in [0.15, 0.2) is 5.38 Å². The van der Waals surface area contributed by atoms with E-state index in [0.29, 0.717) is 0 Å². The third kappa shape index (κ3) is 1.94. The summed E-state index contributed by atoms with van der Waals surface area (Å²) in [6, 6.07) is 0. The third-order valence-corrected chi connectivity index (χ3v) is 3.95. The van der Waals surface area contributed by atoms with Crippen LogP contribution in [0.3, 0.4) is 0 Å². The van der Waals surface area contributed by atoms with E-state index in [9.17, 15) is 0 Å². The van der Waals surface area contributed by atoms with E-state index >= 15 is 0 Å². The van der Waals surface area contributed by atoms with E-state index < -0.39 is 0 Å². The maximum atomic E-state index is 5.60. The highest BCUT2D eigenvalue weighted by molar-refractivity contribution is 7.10.